The molecule has 1 spiro atoms. The number of para-hydroxylation sites is 1. The lowest BCUT2D eigenvalue weighted by Crippen LogP contribution is -2.55. The van der Waals surface area contributed by atoms with Crippen LogP contribution < -0.4 is 4.90 Å². The van der Waals surface area contributed by atoms with Crippen LogP contribution >= 0.6 is 23.4 Å². The molecule has 0 aliphatic carbocycles. The molecule has 34 heavy (non-hydrogen) atoms. The van der Waals surface area contributed by atoms with Crippen LogP contribution in [-0.2, 0) is 14.4 Å². The molecule has 2 N–H and O–H groups in total. The molecule has 2 bridgehead atoms. The first-order valence-corrected chi connectivity index (χ1v) is 12.8. The Morgan fingerprint density at radius 1 is 1.35 bits per heavy atom. The van der Waals surface area contributed by atoms with E-state index in [4.69, 9.17) is 11.6 Å². The van der Waals surface area contributed by atoms with E-state index in [9.17, 15) is 24.6 Å². The van der Waals surface area contributed by atoms with Crippen LogP contribution in [0.15, 0.2) is 30.9 Å². The number of anilines is 1. The van der Waals surface area contributed by atoms with Crippen molar-refractivity contribution in [2.24, 2.45) is 11.8 Å². The summed E-state index contributed by atoms with van der Waals surface area (Å²) in [4.78, 5) is 43.6. The number of halogens is 1. The fourth-order valence-corrected chi connectivity index (χ4v) is 8.92. The predicted octanol–water partition coefficient (Wildman–Crippen LogP) is 3.51. The quantitative estimate of drug-likeness (QED) is 0.393. The molecular weight excluding hydrogens is 476 g/mol. The molecule has 0 radical (unpaired) electrons. The number of carbonyl (C=O) groups is 3. The van der Waals surface area contributed by atoms with Gasteiger partial charge in [-0.15, -0.1) is 18.3 Å². The predicted molar refractivity (Wildman–Crippen MR) is 133 cm³/mol. The van der Waals surface area contributed by atoms with Crippen molar-refractivity contribution >= 4 is 46.8 Å². The number of amides is 2. The number of hydrogen-bond acceptors (Lipinski definition) is 5. The van der Waals surface area contributed by atoms with Crippen LogP contribution in [0.3, 0.4) is 0 Å². The summed E-state index contributed by atoms with van der Waals surface area (Å²) in [7, 11) is 0. The third kappa shape index (κ3) is 3.65. The number of nitrogens with zero attached hydrogens (tertiary/aromatic N) is 2. The minimum absolute atomic E-state index is 0.0127. The molecule has 3 fully saturated rings. The first-order valence-electron chi connectivity index (χ1n) is 11.6. The number of aryl methyl sites for hydroxylation is 1. The van der Waals surface area contributed by atoms with Crippen molar-refractivity contribution in [2.45, 2.75) is 55.1 Å². The van der Waals surface area contributed by atoms with Crippen LogP contribution in [-0.4, -0.2) is 68.1 Å². The van der Waals surface area contributed by atoms with Gasteiger partial charge in [0.15, 0.2) is 0 Å². The molecule has 5 atom stereocenters. The van der Waals surface area contributed by atoms with Crippen LogP contribution in [0, 0.1) is 18.8 Å². The molecule has 0 saturated carbocycles. The van der Waals surface area contributed by atoms with E-state index in [0.29, 0.717) is 42.9 Å². The molecule has 3 heterocycles. The van der Waals surface area contributed by atoms with E-state index < -0.39 is 33.3 Å². The highest BCUT2D eigenvalue weighted by Gasteiger charge is 2.77. The SMILES string of the molecule is C=CCN(C(=O)C1N(CCCCO)C(=O)[C@@H]2[C@@H](C(=O)O)[C@@]3(C)CCC12S3)c1c(C)cccc1Cl. The normalized spacial score (nSPS) is 31.6. The topological polar surface area (TPSA) is 98.2 Å². The van der Waals surface area contributed by atoms with Crippen LogP contribution in [0.25, 0.3) is 0 Å². The second-order valence-electron chi connectivity index (χ2n) is 9.67. The summed E-state index contributed by atoms with van der Waals surface area (Å²) < 4.78 is -1.40. The fraction of sp³-hybridized carbons (Fsp3) is 0.560. The zero-order chi connectivity index (χ0) is 24.8. The molecule has 2 amide bonds. The Morgan fingerprint density at radius 3 is 2.71 bits per heavy atom. The molecule has 184 valence electrons. The lowest BCUT2D eigenvalue weighted by Gasteiger charge is -2.37. The highest BCUT2D eigenvalue weighted by atomic mass is 35.5. The number of likely N-dealkylation sites (tertiary alicyclic amines) is 1. The molecular formula is C25H31ClN2O5S. The number of fused-ring (bicyclic) bond motifs is 1. The van der Waals surface area contributed by atoms with Gasteiger partial charge in [-0.1, -0.05) is 29.8 Å². The van der Waals surface area contributed by atoms with Crippen molar-refractivity contribution in [3.63, 3.8) is 0 Å². The smallest absolute Gasteiger partial charge is 0.308 e. The van der Waals surface area contributed by atoms with E-state index in [2.05, 4.69) is 6.58 Å². The fourth-order valence-electron chi connectivity index (χ4n) is 6.25. The Hall–Kier alpha value is -2.03. The number of carboxylic acid groups (broad SMARTS) is 1. The van der Waals surface area contributed by atoms with Gasteiger partial charge >= 0.3 is 5.97 Å². The van der Waals surface area contributed by atoms with Gasteiger partial charge < -0.3 is 20.0 Å². The number of hydrogen-bond donors (Lipinski definition) is 2. The van der Waals surface area contributed by atoms with Gasteiger partial charge in [0, 0.05) is 24.4 Å². The summed E-state index contributed by atoms with van der Waals surface area (Å²) in [5.41, 5.74) is 1.40. The first kappa shape index (κ1) is 25.1. The van der Waals surface area contributed by atoms with Gasteiger partial charge in [-0.3, -0.25) is 14.4 Å². The van der Waals surface area contributed by atoms with Crippen LogP contribution in [0.1, 0.15) is 38.2 Å². The largest absolute Gasteiger partial charge is 0.481 e. The Labute approximate surface area is 209 Å². The summed E-state index contributed by atoms with van der Waals surface area (Å²) in [6.07, 6.45) is 3.89. The summed E-state index contributed by atoms with van der Waals surface area (Å²) in [5, 5.41) is 19.8. The van der Waals surface area contributed by atoms with E-state index in [1.807, 2.05) is 26.0 Å². The van der Waals surface area contributed by atoms with Gasteiger partial charge in [-0.05, 0) is 51.2 Å². The standard InChI is InChI=1S/C25H31ClN2O5S/c1-4-12-27(19-15(2)8-7-9-16(19)26)22(31)20-25-11-10-24(3,34-25)18(23(32)33)17(25)21(30)28(20)13-5-6-14-29/h4,7-9,17-18,20,29H,1,5-6,10-14H2,2-3H3,(H,32,33)/t17-,18-,20?,24+,25?/m0/s1. The monoisotopic (exact) mass is 506 g/mol. The maximum Gasteiger partial charge on any atom is 0.308 e. The summed E-state index contributed by atoms with van der Waals surface area (Å²) in [6, 6.07) is 4.61. The third-order valence-corrected chi connectivity index (χ3v) is 9.91. The van der Waals surface area contributed by atoms with Crippen molar-refractivity contribution in [1.29, 1.82) is 0 Å². The van der Waals surface area contributed by atoms with Crippen LogP contribution in [0.2, 0.25) is 5.02 Å². The van der Waals surface area contributed by atoms with E-state index in [1.54, 1.807) is 21.9 Å². The number of aliphatic carboxylic acids is 1. The summed E-state index contributed by atoms with van der Waals surface area (Å²) >= 11 is 8.05. The second-order valence-corrected chi connectivity index (χ2v) is 12.0. The summed E-state index contributed by atoms with van der Waals surface area (Å²) in [6.45, 7) is 8.10. The average molecular weight is 507 g/mol. The van der Waals surface area contributed by atoms with Gasteiger partial charge in [0.25, 0.3) is 5.91 Å². The molecule has 2 unspecified atom stereocenters. The van der Waals surface area contributed by atoms with Gasteiger partial charge in [0.1, 0.15) is 6.04 Å². The van der Waals surface area contributed by atoms with Crippen molar-refractivity contribution in [3.8, 4) is 0 Å². The zero-order valence-corrected chi connectivity index (χ0v) is 21.1. The molecule has 9 heteroatoms. The van der Waals surface area contributed by atoms with Crippen molar-refractivity contribution < 1.29 is 24.6 Å². The maximum atomic E-state index is 14.4. The maximum absolute atomic E-state index is 14.4. The lowest BCUT2D eigenvalue weighted by atomic mass is 9.66. The third-order valence-electron chi connectivity index (χ3n) is 7.62. The van der Waals surface area contributed by atoms with Gasteiger partial charge in [0.2, 0.25) is 5.91 Å². The number of rotatable bonds is 9. The van der Waals surface area contributed by atoms with Crippen molar-refractivity contribution in [3.05, 3.63) is 41.4 Å². The van der Waals surface area contributed by atoms with E-state index in [-0.39, 0.29) is 25.0 Å². The molecule has 4 rings (SSSR count). The van der Waals surface area contributed by atoms with Gasteiger partial charge in [-0.25, -0.2) is 0 Å². The summed E-state index contributed by atoms with van der Waals surface area (Å²) in [5.74, 6) is -3.11. The minimum atomic E-state index is -0.983. The van der Waals surface area contributed by atoms with Crippen molar-refractivity contribution in [1.82, 2.24) is 4.90 Å². The van der Waals surface area contributed by atoms with E-state index in [1.165, 1.54) is 11.8 Å². The number of aliphatic hydroxyl groups is 1. The van der Waals surface area contributed by atoms with Crippen molar-refractivity contribution in [2.75, 3.05) is 24.6 Å². The molecule has 3 aliphatic rings. The molecule has 1 aromatic rings. The minimum Gasteiger partial charge on any atom is -0.481 e. The molecule has 7 nitrogen and oxygen atoms in total. The Kier molecular flexibility index (Phi) is 6.79. The van der Waals surface area contributed by atoms with Crippen LogP contribution in [0.5, 0.6) is 0 Å². The molecule has 3 aliphatic heterocycles. The lowest BCUT2D eigenvalue weighted by molar-refractivity contribution is -0.150. The zero-order valence-electron chi connectivity index (χ0n) is 19.5. The Bertz CT molecular complexity index is 1010. The molecule has 3 saturated heterocycles. The van der Waals surface area contributed by atoms with Gasteiger partial charge in [0.05, 0.1) is 27.3 Å². The number of thioether (sulfide) groups is 1. The molecule has 1 aromatic carbocycles. The average Bonchev–Trinajstić information content (AvgIpc) is 3.34. The molecule has 0 aromatic heterocycles. The Balaban J connectivity index is 1.82. The number of unbranched alkanes of at least 4 members (excludes halogenated alkanes) is 1. The highest BCUT2D eigenvalue weighted by molar-refractivity contribution is 8.02. The number of carbonyl (C=O) groups excluding carboxylic acids is 2. The number of carboxylic acids is 1. The number of benzene rings is 1. The second kappa shape index (κ2) is 9.21. The van der Waals surface area contributed by atoms with E-state index in [0.717, 1.165) is 5.56 Å². The van der Waals surface area contributed by atoms with Gasteiger partial charge in [-0.2, -0.15) is 0 Å². The first-order chi connectivity index (χ1) is 16.1. The van der Waals surface area contributed by atoms with E-state index >= 15 is 0 Å². The number of aliphatic hydroxyl groups excluding tert-OH is 1. The Morgan fingerprint density at radius 2 is 2.09 bits per heavy atom. The highest BCUT2D eigenvalue weighted by Crippen LogP contribution is 2.71. The van der Waals surface area contributed by atoms with Crippen LogP contribution in [0.4, 0.5) is 5.69 Å².